The fourth-order valence-electron chi connectivity index (χ4n) is 8.88. The quantitative estimate of drug-likeness (QED) is 0.699. The largest absolute Gasteiger partial charge is 0.493 e. The van der Waals surface area contributed by atoms with Crippen molar-refractivity contribution in [1.82, 2.24) is 5.01 Å². The number of hydrogen-bond acceptors (Lipinski definition) is 5. The van der Waals surface area contributed by atoms with E-state index in [1.54, 1.807) is 14.2 Å². The summed E-state index contributed by atoms with van der Waals surface area (Å²) in [5.74, 6) is 1.55. The summed E-state index contributed by atoms with van der Waals surface area (Å²) in [6.07, 6.45) is 4.19. The molecule has 3 saturated carbocycles. The summed E-state index contributed by atoms with van der Waals surface area (Å²) >= 11 is 0. The van der Waals surface area contributed by atoms with Crippen molar-refractivity contribution in [1.29, 1.82) is 0 Å². The summed E-state index contributed by atoms with van der Waals surface area (Å²) in [6, 6.07) is 4.32. The molecule has 0 aromatic heterocycles. The van der Waals surface area contributed by atoms with E-state index >= 15 is 0 Å². The number of piperidine rings is 1. The molecule has 7 rings (SSSR count). The number of rotatable bonds is 3. The molecule has 1 N–H and O–H groups in total. The Labute approximate surface area is 197 Å². The highest BCUT2D eigenvalue weighted by Gasteiger charge is 2.83. The number of ether oxygens (including phenoxy) is 3. The van der Waals surface area contributed by atoms with Gasteiger partial charge in [0, 0.05) is 35.8 Å². The maximum Gasteiger partial charge on any atom is 0.165 e. The molecule has 2 spiro atoms. The van der Waals surface area contributed by atoms with Crippen LogP contribution in [0, 0.1) is 23.3 Å². The van der Waals surface area contributed by atoms with E-state index in [1.807, 2.05) is 18.0 Å². The Kier molecular flexibility index (Phi) is 4.03. The van der Waals surface area contributed by atoms with Crippen molar-refractivity contribution >= 4 is 0 Å². The monoisotopic (exact) mass is 452 g/mol. The normalized spacial score (nSPS) is 41.6. The number of nitrogens with zero attached hydrogens (tertiary/aromatic N) is 2. The zero-order valence-corrected chi connectivity index (χ0v) is 20.7. The van der Waals surface area contributed by atoms with Crippen LogP contribution in [0.1, 0.15) is 64.5 Å². The van der Waals surface area contributed by atoms with Gasteiger partial charge in [-0.25, -0.2) is 0 Å². The Hall–Kier alpha value is -1.97. The topological polar surface area (TPSA) is 55.5 Å². The summed E-state index contributed by atoms with van der Waals surface area (Å²) < 4.78 is 19.3. The van der Waals surface area contributed by atoms with Gasteiger partial charge in [-0.2, -0.15) is 11.5 Å². The molecule has 1 aromatic carbocycles. The molecule has 6 nitrogen and oxygen atoms in total. The third-order valence-electron chi connectivity index (χ3n) is 10.9. The van der Waals surface area contributed by atoms with Gasteiger partial charge in [0.15, 0.2) is 11.5 Å². The molecule has 2 aliphatic heterocycles. The van der Waals surface area contributed by atoms with E-state index in [0.717, 1.165) is 50.1 Å². The predicted octanol–water partition coefficient (Wildman–Crippen LogP) is 4.14. The summed E-state index contributed by atoms with van der Waals surface area (Å²) in [7, 11) is 3.51. The van der Waals surface area contributed by atoms with Crippen molar-refractivity contribution in [2.75, 3.05) is 20.8 Å². The molecule has 4 aliphatic carbocycles. The fraction of sp³-hybridized carbons (Fsp3) is 0.741. The lowest BCUT2D eigenvalue weighted by Crippen LogP contribution is -2.82. The predicted molar refractivity (Wildman–Crippen MR) is 124 cm³/mol. The van der Waals surface area contributed by atoms with Gasteiger partial charge in [-0.3, -0.25) is 0 Å². The highest BCUT2D eigenvalue weighted by atomic mass is 16.6. The molecule has 1 aromatic rings. The molecule has 2 heterocycles. The second-order valence-corrected chi connectivity index (χ2v) is 12.3. The van der Waals surface area contributed by atoms with E-state index in [2.05, 4.69) is 31.8 Å². The first-order valence-electron chi connectivity index (χ1n) is 12.3. The SMILES string of the molecule is [C-]#[N+]N1CCC23c4c5ccc(OC)c4O[C@H]2[C@@]2(OC)CC[C@@]3(C[C@@H]2[C@](C)(O)C(C)(C)C)C1C5. The maximum atomic E-state index is 12.1. The molecule has 6 heteroatoms. The van der Waals surface area contributed by atoms with E-state index in [9.17, 15) is 5.11 Å². The number of methoxy groups -OCH3 is 2. The van der Waals surface area contributed by atoms with E-state index in [1.165, 1.54) is 11.1 Å². The van der Waals surface area contributed by atoms with E-state index in [0.29, 0.717) is 0 Å². The maximum absolute atomic E-state index is 12.1. The molecule has 4 bridgehead atoms. The zero-order chi connectivity index (χ0) is 23.6. The van der Waals surface area contributed by atoms with Crippen LogP contribution in [0.15, 0.2) is 12.1 Å². The molecule has 0 amide bonds. The molecule has 2 unspecified atom stereocenters. The van der Waals surface area contributed by atoms with E-state index < -0.39 is 11.2 Å². The van der Waals surface area contributed by atoms with Crippen LogP contribution < -0.4 is 9.47 Å². The minimum absolute atomic E-state index is 0.100. The minimum atomic E-state index is -0.961. The lowest BCUT2D eigenvalue weighted by atomic mass is 9.33. The van der Waals surface area contributed by atoms with Crippen molar-refractivity contribution in [3.8, 4) is 11.5 Å². The van der Waals surface area contributed by atoms with Gasteiger partial charge in [-0.15, -0.1) is 5.01 Å². The van der Waals surface area contributed by atoms with Gasteiger partial charge in [0.2, 0.25) is 0 Å². The fourth-order valence-corrected chi connectivity index (χ4v) is 8.88. The zero-order valence-electron chi connectivity index (χ0n) is 20.7. The van der Waals surface area contributed by atoms with Crippen molar-refractivity contribution < 1.29 is 19.3 Å². The lowest BCUT2D eigenvalue weighted by Gasteiger charge is -2.74. The number of fused-ring (bicyclic) bond motifs is 2. The van der Waals surface area contributed by atoms with Gasteiger partial charge >= 0.3 is 0 Å². The minimum Gasteiger partial charge on any atom is -0.493 e. The molecule has 0 radical (unpaired) electrons. The molecule has 4 fully saturated rings. The van der Waals surface area contributed by atoms with Gasteiger partial charge in [-0.1, -0.05) is 26.8 Å². The van der Waals surface area contributed by atoms with Crippen LogP contribution in [0.25, 0.3) is 4.95 Å². The highest BCUT2D eigenvalue weighted by molar-refractivity contribution is 5.63. The first-order chi connectivity index (χ1) is 15.5. The van der Waals surface area contributed by atoms with Gasteiger partial charge in [0.05, 0.1) is 19.3 Å². The molecule has 6 aliphatic rings. The molecule has 7 atom stereocenters. The van der Waals surface area contributed by atoms with Crippen LogP contribution in [-0.4, -0.2) is 54.2 Å². The Morgan fingerprint density at radius 2 is 1.94 bits per heavy atom. The lowest BCUT2D eigenvalue weighted by molar-refractivity contribution is -0.310. The molecule has 33 heavy (non-hydrogen) atoms. The van der Waals surface area contributed by atoms with Crippen LogP contribution >= 0.6 is 0 Å². The summed E-state index contributed by atoms with van der Waals surface area (Å²) in [6.45, 7) is 17.1. The third kappa shape index (κ3) is 2.10. The first kappa shape index (κ1) is 21.6. The van der Waals surface area contributed by atoms with Crippen LogP contribution in [0.3, 0.4) is 0 Å². The van der Waals surface area contributed by atoms with Gasteiger partial charge in [0.1, 0.15) is 17.7 Å². The summed E-state index contributed by atoms with van der Waals surface area (Å²) in [5.41, 5.74) is 0.361. The Morgan fingerprint density at radius 3 is 2.58 bits per heavy atom. The van der Waals surface area contributed by atoms with Crippen LogP contribution in [0.2, 0.25) is 0 Å². The molecule has 1 saturated heterocycles. The Bertz CT molecular complexity index is 1070. The second kappa shape index (κ2) is 6.17. The Balaban J connectivity index is 1.66. The third-order valence-corrected chi connectivity index (χ3v) is 10.9. The second-order valence-electron chi connectivity index (χ2n) is 12.3. The number of aliphatic hydroxyl groups is 1. The number of benzene rings is 1. The van der Waals surface area contributed by atoms with Gasteiger partial charge in [0.25, 0.3) is 0 Å². The highest BCUT2D eigenvalue weighted by Crippen LogP contribution is 2.78. The van der Waals surface area contributed by atoms with Gasteiger partial charge < -0.3 is 19.3 Å². The van der Waals surface area contributed by atoms with Crippen LogP contribution in [0.4, 0.5) is 0 Å². The van der Waals surface area contributed by atoms with Crippen molar-refractivity contribution in [2.45, 2.75) is 88.6 Å². The number of hydrogen-bond donors (Lipinski definition) is 1. The summed E-state index contributed by atoms with van der Waals surface area (Å²) in [5, 5.41) is 14.1. The standard InChI is InChI=1S/C27H36N2O4/c1-23(2,3)24(4,30)18-15-25-10-11-27(18,32-7)22-26(25)12-13-29(28-5)19(25)14-16-8-9-17(31-6)21(33-22)20(16)26/h8-9,18-19,22,30H,10-15H2,1-4,6-7H3/t18-,19?,22-,24+,25-,26?,27-/m1/s1. The van der Waals surface area contributed by atoms with Crippen molar-refractivity contribution in [2.24, 2.45) is 16.7 Å². The average Bonchev–Trinajstić information content (AvgIpc) is 3.15. The Morgan fingerprint density at radius 1 is 1.18 bits per heavy atom. The smallest absolute Gasteiger partial charge is 0.165 e. The van der Waals surface area contributed by atoms with Gasteiger partial charge in [-0.05, 0) is 49.7 Å². The van der Waals surface area contributed by atoms with Crippen LogP contribution in [-0.2, 0) is 16.6 Å². The molecular weight excluding hydrogens is 416 g/mol. The van der Waals surface area contributed by atoms with Crippen LogP contribution in [0.5, 0.6) is 11.5 Å². The molecule has 178 valence electrons. The average molecular weight is 453 g/mol. The van der Waals surface area contributed by atoms with Crippen molar-refractivity contribution in [3.63, 3.8) is 0 Å². The van der Waals surface area contributed by atoms with Crippen molar-refractivity contribution in [3.05, 3.63) is 34.8 Å². The molecular formula is C27H36N2O4. The van der Waals surface area contributed by atoms with E-state index in [-0.39, 0.29) is 34.3 Å². The summed E-state index contributed by atoms with van der Waals surface area (Å²) in [4.78, 5) is 4.01. The van der Waals surface area contributed by atoms with E-state index in [4.69, 9.17) is 20.8 Å². The first-order valence-corrected chi connectivity index (χ1v) is 12.3.